The topological polar surface area (TPSA) is 64.7 Å². The normalized spacial score (nSPS) is 13.3. The smallest absolute Gasteiger partial charge is 0.132 e. The van der Waals surface area contributed by atoms with Crippen LogP contribution in [0.25, 0.3) is 32.7 Å². The maximum Gasteiger partial charge on any atom is 0.132 e. The Balaban J connectivity index is 0.00000153. The lowest BCUT2D eigenvalue weighted by atomic mass is 9.78. The highest BCUT2D eigenvalue weighted by Crippen LogP contribution is 2.52. The van der Waals surface area contributed by atoms with Crippen LogP contribution in [0.15, 0.2) is 146 Å². The quantitative estimate of drug-likeness (QED) is 0.220. The van der Waals surface area contributed by atoms with E-state index in [-0.39, 0.29) is 11.7 Å². The fraction of sp³-hybridized carbons (Fsp3) is 0.0500. The maximum atomic E-state index is 10.2. The van der Waals surface area contributed by atoms with Gasteiger partial charge in [0.2, 0.25) is 0 Å². The second-order valence-electron chi connectivity index (χ2n) is 10.7. The first-order valence-corrected chi connectivity index (χ1v) is 14.7. The van der Waals surface area contributed by atoms with Gasteiger partial charge in [-0.3, -0.25) is 0 Å². The van der Waals surface area contributed by atoms with Crippen molar-refractivity contribution in [2.45, 2.75) is 5.92 Å². The monoisotopic (exact) mass is 573 g/mol. The van der Waals surface area contributed by atoms with Gasteiger partial charge in [0.1, 0.15) is 28.7 Å². The molecular formula is C40H31NO3. The lowest BCUT2D eigenvalue weighted by Gasteiger charge is -2.31. The summed E-state index contributed by atoms with van der Waals surface area (Å²) in [5, 5.41) is 14.5. The van der Waals surface area contributed by atoms with Crippen molar-refractivity contribution in [3.63, 3.8) is 0 Å². The first-order valence-electron chi connectivity index (χ1n) is 14.7. The number of phenols is 1. The number of fused-ring (bicyclic) bond motifs is 6. The largest absolute Gasteiger partial charge is 0.508 e. The molecule has 0 aromatic heterocycles. The molecule has 7 aromatic carbocycles. The molecule has 1 aliphatic heterocycles. The van der Waals surface area contributed by atoms with E-state index in [9.17, 15) is 5.11 Å². The molecule has 0 saturated heterocycles. The van der Waals surface area contributed by atoms with E-state index >= 15 is 0 Å². The van der Waals surface area contributed by atoms with Crippen molar-refractivity contribution >= 4 is 21.5 Å². The fourth-order valence-electron chi connectivity index (χ4n) is 6.19. The van der Waals surface area contributed by atoms with Crippen LogP contribution in [0.5, 0.6) is 28.7 Å². The number of hydrogen-bond acceptors (Lipinski definition) is 4. The molecule has 3 N–H and O–H groups in total. The van der Waals surface area contributed by atoms with E-state index in [0.29, 0.717) is 0 Å². The predicted molar refractivity (Wildman–Crippen MR) is 179 cm³/mol. The Labute approximate surface area is 256 Å². The Hall–Kier alpha value is -5.58. The van der Waals surface area contributed by atoms with E-state index in [0.717, 1.165) is 55.7 Å². The molecule has 0 spiro atoms. The maximum absolute atomic E-state index is 10.2. The third-order valence-corrected chi connectivity index (χ3v) is 8.13. The van der Waals surface area contributed by atoms with Crippen molar-refractivity contribution in [2.24, 2.45) is 5.73 Å². The van der Waals surface area contributed by atoms with Gasteiger partial charge in [-0.2, -0.15) is 0 Å². The molecule has 44 heavy (non-hydrogen) atoms. The van der Waals surface area contributed by atoms with E-state index in [1.807, 2.05) is 66.7 Å². The Morgan fingerprint density at radius 3 is 1.77 bits per heavy atom. The van der Waals surface area contributed by atoms with E-state index in [1.54, 1.807) is 6.07 Å². The summed E-state index contributed by atoms with van der Waals surface area (Å²) in [6.45, 7) is 0. The van der Waals surface area contributed by atoms with Gasteiger partial charge in [-0.1, -0.05) is 97.1 Å². The molecule has 1 atom stereocenters. The number of para-hydroxylation sites is 1. The third kappa shape index (κ3) is 4.91. The highest BCUT2D eigenvalue weighted by Gasteiger charge is 2.32. The first kappa shape index (κ1) is 27.3. The number of benzene rings is 7. The molecular weight excluding hydrogens is 542 g/mol. The zero-order valence-electron chi connectivity index (χ0n) is 24.3. The Morgan fingerprint density at radius 2 is 1.11 bits per heavy atom. The van der Waals surface area contributed by atoms with Crippen molar-refractivity contribution in [3.05, 3.63) is 162 Å². The van der Waals surface area contributed by atoms with Gasteiger partial charge in [-0.25, -0.2) is 0 Å². The minimum Gasteiger partial charge on any atom is -0.508 e. The molecule has 1 unspecified atom stereocenters. The van der Waals surface area contributed by atoms with Crippen molar-refractivity contribution < 1.29 is 14.6 Å². The average Bonchev–Trinajstić information content (AvgIpc) is 3.09. The molecule has 0 aliphatic carbocycles. The molecule has 214 valence electrons. The van der Waals surface area contributed by atoms with E-state index in [1.165, 1.54) is 23.7 Å². The highest BCUT2D eigenvalue weighted by molar-refractivity contribution is 5.96. The first-order chi connectivity index (χ1) is 21.7. The van der Waals surface area contributed by atoms with E-state index in [4.69, 9.17) is 9.47 Å². The van der Waals surface area contributed by atoms with Crippen LogP contribution in [0.1, 0.15) is 22.6 Å². The van der Waals surface area contributed by atoms with Gasteiger partial charge in [0.05, 0.1) is 0 Å². The minimum absolute atomic E-state index is 0.0774. The zero-order valence-corrected chi connectivity index (χ0v) is 24.3. The fourth-order valence-corrected chi connectivity index (χ4v) is 6.19. The standard InChI is InChI=1S/C39H26O3.CH5N/c40-30-17-19-33-28(23-30)15-21-35-38(33)37(27-13-11-26(12-14-27)25-7-3-1-4-8-25)39-34-20-18-32(41-31-9-5-2-6-10-31)24-29(34)16-22-36(39)42-35;1-2/h1-24,37,40H;2H2,1H3. The van der Waals surface area contributed by atoms with Gasteiger partial charge in [0, 0.05) is 17.0 Å². The number of hydrogen-bond donors (Lipinski definition) is 2. The van der Waals surface area contributed by atoms with Crippen LogP contribution >= 0.6 is 0 Å². The summed E-state index contributed by atoms with van der Waals surface area (Å²) in [6, 6.07) is 49.2. The van der Waals surface area contributed by atoms with Crippen LogP contribution in [0.3, 0.4) is 0 Å². The van der Waals surface area contributed by atoms with E-state index in [2.05, 4.69) is 78.5 Å². The van der Waals surface area contributed by atoms with Crippen LogP contribution in [0.4, 0.5) is 0 Å². The molecule has 1 heterocycles. The highest BCUT2D eigenvalue weighted by atomic mass is 16.5. The molecule has 0 bridgehead atoms. The molecule has 0 radical (unpaired) electrons. The lowest BCUT2D eigenvalue weighted by Crippen LogP contribution is -2.13. The van der Waals surface area contributed by atoms with Crippen molar-refractivity contribution in [2.75, 3.05) is 7.05 Å². The lowest BCUT2D eigenvalue weighted by molar-refractivity contribution is 0.455. The molecule has 4 nitrogen and oxygen atoms in total. The summed E-state index contributed by atoms with van der Waals surface area (Å²) in [7, 11) is 1.50. The molecule has 7 aromatic rings. The Bertz CT molecular complexity index is 2090. The number of nitrogens with two attached hydrogens (primary N) is 1. The Morgan fingerprint density at radius 1 is 0.545 bits per heavy atom. The van der Waals surface area contributed by atoms with Crippen LogP contribution in [-0.4, -0.2) is 12.2 Å². The van der Waals surface area contributed by atoms with Gasteiger partial charge in [-0.15, -0.1) is 0 Å². The van der Waals surface area contributed by atoms with Crippen molar-refractivity contribution in [3.8, 4) is 39.9 Å². The van der Waals surface area contributed by atoms with Gasteiger partial charge in [0.15, 0.2) is 0 Å². The van der Waals surface area contributed by atoms with Crippen molar-refractivity contribution in [1.82, 2.24) is 0 Å². The number of ether oxygens (including phenoxy) is 2. The molecule has 0 fully saturated rings. The van der Waals surface area contributed by atoms with Crippen LogP contribution in [0, 0.1) is 0 Å². The molecule has 4 heteroatoms. The predicted octanol–water partition coefficient (Wildman–Crippen LogP) is 10.0. The van der Waals surface area contributed by atoms with Gasteiger partial charge in [-0.05, 0) is 93.8 Å². The zero-order chi connectivity index (χ0) is 30.0. The summed E-state index contributed by atoms with van der Waals surface area (Å²) in [4.78, 5) is 0. The number of aromatic hydroxyl groups is 1. The van der Waals surface area contributed by atoms with Gasteiger partial charge in [0.25, 0.3) is 0 Å². The summed E-state index contributed by atoms with van der Waals surface area (Å²) in [6.07, 6.45) is 0. The SMILES string of the molecule is CN.Oc1ccc2c3c(ccc2c1)Oc1ccc2cc(Oc4ccccc4)ccc2c1C3c1ccc(-c2ccccc2)cc1. The second kappa shape index (κ2) is 11.6. The summed E-state index contributed by atoms with van der Waals surface area (Å²) < 4.78 is 12.8. The number of rotatable bonds is 4. The molecule has 8 rings (SSSR count). The van der Waals surface area contributed by atoms with Gasteiger partial charge < -0.3 is 20.3 Å². The summed E-state index contributed by atoms with van der Waals surface area (Å²) >= 11 is 0. The minimum atomic E-state index is -0.0774. The number of phenolic OH excluding ortho intramolecular Hbond substituents is 1. The average molecular weight is 574 g/mol. The van der Waals surface area contributed by atoms with Crippen LogP contribution < -0.4 is 15.2 Å². The van der Waals surface area contributed by atoms with Crippen LogP contribution in [0.2, 0.25) is 0 Å². The molecule has 0 amide bonds. The molecule has 1 aliphatic rings. The molecule has 0 saturated carbocycles. The van der Waals surface area contributed by atoms with Gasteiger partial charge >= 0.3 is 0 Å². The van der Waals surface area contributed by atoms with Crippen molar-refractivity contribution in [1.29, 1.82) is 0 Å². The summed E-state index contributed by atoms with van der Waals surface area (Å²) in [5.41, 5.74) is 10.3. The Kier molecular flexibility index (Phi) is 7.19. The van der Waals surface area contributed by atoms with Crippen LogP contribution in [-0.2, 0) is 0 Å². The second-order valence-corrected chi connectivity index (χ2v) is 10.7. The van der Waals surface area contributed by atoms with E-state index < -0.39 is 0 Å². The third-order valence-electron chi connectivity index (χ3n) is 8.13. The summed E-state index contributed by atoms with van der Waals surface area (Å²) in [5.74, 6) is 3.45.